The Balaban J connectivity index is 0. The van der Waals surface area contributed by atoms with Crippen LogP contribution >= 0.6 is 10.8 Å². The summed E-state index contributed by atoms with van der Waals surface area (Å²) in [4.78, 5) is 0. The van der Waals surface area contributed by atoms with E-state index in [1.54, 1.807) is 0 Å². The van der Waals surface area contributed by atoms with Crippen molar-refractivity contribution in [1.82, 2.24) is 4.72 Å². The first kappa shape index (κ1) is 13.4. The number of hydrogen-bond acceptors (Lipinski definition) is 3. The first-order valence-electron chi connectivity index (χ1n) is 3.64. The van der Waals surface area contributed by atoms with Gasteiger partial charge in [0.2, 0.25) is 0 Å². The van der Waals surface area contributed by atoms with E-state index in [0.717, 1.165) is 0 Å². The molecule has 0 radical (unpaired) electrons. The molecule has 3 N–H and O–H groups in total. The lowest BCUT2D eigenvalue weighted by atomic mass is 10.4. The van der Waals surface area contributed by atoms with Crippen molar-refractivity contribution < 1.29 is 9.11 Å². The Hall–Kier alpha value is -0.190. The molecule has 4 heteroatoms. The molecule has 0 bridgehead atoms. The largest absolute Gasteiger partial charge is 0.290 e. The van der Waals surface area contributed by atoms with Crippen molar-refractivity contribution in [3.63, 3.8) is 0 Å². The normalized spacial score (nSPS) is 11.1. The van der Waals surface area contributed by atoms with Crippen LogP contribution in [0.3, 0.4) is 0 Å². The summed E-state index contributed by atoms with van der Waals surface area (Å²) >= 11 is 0. The molecule has 0 aliphatic carbocycles. The minimum Gasteiger partial charge on any atom is -0.290 e. The van der Waals surface area contributed by atoms with Crippen molar-refractivity contribution in [2.45, 2.75) is 27.2 Å². The second-order valence-electron chi connectivity index (χ2n) is 1.89. The lowest BCUT2D eigenvalue weighted by Gasteiger charge is -2.29. The van der Waals surface area contributed by atoms with Crippen LogP contribution in [0.4, 0.5) is 0 Å². The van der Waals surface area contributed by atoms with E-state index in [0.29, 0.717) is 12.1 Å². The summed E-state index contributed by atoms with van der Waals surface area (Å²) in [6, 6.07) is 0. The summed E-state index contributed by atoms with van der Waals surface area (Å²) in [6.45, 7) is 9.44. The number of nitrogens with one attached hydrogen (secondary N) is 1. The molecule has 3 nitrogen and oxygen atoms in total. The standard InChI is InChI=1S/C5H13NO2S.C2H6/c1-4-5(2)6-9(3,7)8;1-2/h6-8H,2,4H2,1,3H3;1-2H3. The Bertz CT molecular complexity index is 109. The molecule has 0 aromatic carbocycles. The summed E-state index contributed by atoms with van der Waals surface area (Å²) in [6.07, 6.45) is 2.04. The van der Waals surface area contributed by atoms with Gasteiger partial charge in [0, 0.05) is 12.0 Å². The van der Waals surface area contributed by atoms with Crippen LogP contribution < -0.4 is 4.72 Å². The van der Waals surface area contributed by atoms with Gasteiger partial charge in [0.15, 0.2) is 0 Å². The second kappa shape index (κ2) is 6.52. The van der Waals surface area contributed by atoms with Gasteiger partial charge in [0.25, 0.3) is 0 Å². The first-order chi connectivity index (χ1) is 4.95. The van der Waals surface area contributed by atoms with Crippen LogP contribution in [0.25, 0.3) is 0 Å². The third kappa shape index (κ3) is 12.9. The van der Waals surface area contributed by atoms with Gasteiger partial charge in [-0.2, -0.15) is 0 Å². The summed E-state index contributed by atoms with van der Waals surface area (Å²) < 4.78 is 20.0. The van der Waals surface area contributed by atoms with Crippen LogP contribution in [0.1, 0.15) is 27.2 Å². The average Bonchev–Trinajstić information content (AvgIpc) is 1.89. The molecule has 0 heterocycles. The molecule has 0 aliphatic rings. The fourth-order valence-corrected chi connectivity index (χ4v) is 1.04. The molecular weight excluding hydrogens is 162 g/mol. The number of rotatable bonds is 3. The molecule has 0 amide bonds. The predicted octanol–water partition coefficient (Wildman–Crippen LogP) is 2.82. The van der Waals surface area contributed by atoms with Gasteiger partial charge in [0.05, 0.1) is 0 Å². The monoisotopic (exact) mass is 181 g/mol. The highest BCUT2D eigenvalue weighted by Gasteiger charge is 2.00. The maximum atomic E-state index is 8.79. The molecule has 0 aliphatic heterocycles. The maximum absolute atomic E-state index is 8.79. The van der Waals surface area contributed by atoms with Crippen LogP contribution in [-0.2, 0) is 0 Å². The summed E-state index contributed by atoms with van der Waals surface area (Å²) in [5.74, 6) is 0. The van der Waals surface area contributed by atoms with Gasteiger partial charge in [-0.25, -0.2) is 0 Å². The zero-order chi connectivity index (χ0) is 9.49. The topological polar surface area (TPSA) is 52.5 Å². The highest BCUT2D eigenvalue weighted by atomic mass is 32.3. The average molecular weight is 181 g/mol. The zero-order valence-corrected chi connectivity index (χ0v) is 8.53. The Morgan fingerprint density at radius 2 is 1.82 bits per heavy atom. The lowest BCUT2D eigenvalue weighted by Crippen LogP contribution is -2.16. The summed E-state index contributed by atoms with van der Waals surface area (Å²) in [5, 5.41) is 0. The van der Waals surface area contributed by atoms with E-state index in [9.17, 15) is 0 Å². The Labute approximate surface area is 71.0 Å². The van der Waals surface area contributed by atoms with Gasteiger partial charge in [-0.1, -0.05) is 27.4 Å². The Morgan fingerprint density at radius 1 is 1.45 bits per heavy atom. The van der Waals surface area contributed by atoms with Gasteiger partial charge in [-0.05, 0) is 6.42 Å². The van der Waals surface area contributed by atoms with Gasteiger partial charge in [-0.3, -0.25) is 13.8 Å². The molecule has 0 saturated heterocycles. The van der Waals surface area contributed by atoms with E-state index in [1.165, 1.54) is 6.26 Å². The van der Waals surface area contributed by atoms with E-state index in [-0.39, 0.29) is 0 Å². The molecule has 0 saturated carbocycles. The highest BCUT2D eigenvalue weighted by Crippen LogP contribution is 2.28. The quantitative estimate of drug-likeness (QED) is 0.627. The van der Waals surface area contributed by atoms with Crippen LogP contribution in [0.15, 0.2) is 12.3 Å². The van der Waals surface area contributed by atoms with Crippen molar-refractivity contribution in [3.05, 3.63) is 12.3 Å². The van der Waals surface area contributed by atoms with Crippen LogP contribution in [0.2, 0.25) is 0 Å². The molecule has 11 heavy (non-hydrogen) atoms. The smallest absolute Gasteiger partial charge is 0.0464 e. The Morgan fingerprint density at radius 3 is 1.91 bits per heavy atom. The van der Waals surface area contributed by atoms with Crippen LogP contribution in [0.5, 0.6) is 0 Å². The van der Waals surface area contributed by atoms with Crippen molar-refractivity contribution >= 4 is 10.8 Å². The van der Waals surface area contributed by atoms with E-state index in [2.05, 4.69) is 11.3 Å². The second-order valence-corrected chi connectivity index (χ2v) is 3.76. The fraction of sp³-hybridized carbons (Fsp3) is 0.714. The summed E-state index contributed by atoms with van der Waals surface area (Å²) in [7, 11) is -2.59. The van der Waals surface area contributed by atoms with E-state index >= 15 is 0 Å². The molecule has 0 rings (SSSR count). The molecule has 70 valence electrons. The van der Waals surface area contributed by atoms with E-state index < -0.39 is 10.8 Å². The fourth-order valence-electron chi connectivity index (χ4n) is 0.346. The Kier molecular flexibility index (Phi) is 7.94. The van der Waals surface area contributed by atoms with Gasteiger partial charge >= 0.3 is 0 Å². The molecule has 0 spiro atoms. The predicted molar refractivity (Wildman–Crippen MR) is 52.7 cm³/mol. The highest BCUT2D eigenvalue weighted by molar-refractivity contribution is 8.22. The molecule has 0 aromatic heterocycles. The van der Waals surface area contributed by atoms with Gasteiger partial charge in [0.1, 0.15) is 0 Å². The first-order valence-corrected chi connectivity index (χ1v) is 5.60. The SMILES string of the molecule is C=C(CC)NS(C)(O)O.CC. The van der Waals surface area contributed by atoms with E-state index in [4.69, 9.17) is 9.11 Å². The third-order valence-electron chi connectivity index (χ3n) is 0.764. The maximum Gasteiger partial charge on any atom is 0.0464 e. The number of allylic oxidation sites excluding steroid dienone is 1. The molecule has 0 unspecified atom stereocenters. The van der Waals surface area contributed by atoms with Crippen molar-refractivity contribution in [2.24, 2.45) is 0 Å². The van der Waals surface area contributed by atoms with Crippen molar-refractivity contribution in [1.29, 1.82) is 0 Å². The van der Waals surface area contributed by atoms with Crippen LogP contribution in [0, 0.1) is 0 Å². The number of hydrogen-bond donors (Lipinski definition) is 3. The van der Waals surface area contributed by atoms with Crippen molar-refractivity contribution in [2.75, 3.05) is 6.26 Å². The minimum atomic E-state index is -2.59. The zero-order valence-electron chi connectivity index (χ0n) is 7.72. The molecule has 0 atom stereocenters. The van der Waals surface area contributed by atoms with Crippen molar-refractivity contribution in [3.8, 4) is 0 Å². The molecule has 0 fully saturated rings. The van der Waals surface area contributed by atoms with E-state index in [1.807, 2.05) is 20.8 Å². The summed E-state index contributed by atoms with van der Waals surface area (Å²) in [5.41, 5.74) is 0.650. The molecular formula is C7H19NO2S. The minimum absolute atomic E-state index is 0.650. The molecule has 0 aromatic rings. The third-order valence-corrected chi connectivity index (χ3v) is 1.44. The van der Waals surface area contributed by atoms with Gasteiger partial charge in [-0.15, -0.1) is 10.8 Å². The lowest BCUT2D eigenvalue weighted by molar-refractivity contribution is 0.484. The van der Waals surface area contributed by atoms with Crippen LogP contribution in [-0.4, -0.2) is 15.4 Å². The van der Waals surface area contributed by atoms with Gasteiger partial charge < -0.3 is 0 Å².